The lowest BCUT2D eigenvalue weighted by molar-refractivity contribution is 0.910. The molecule has 17 heavy (non-hydrogen) atoms. The Morgan fingerprint density at radius 3 is 1.88 bits per heavy atom. The summed E-state index contributed by atoms with van der Waals surface area (Å²) in [5.41, 5.74) is 4.17. The predicted octanol–water partition coefficient (Wildman–Crippen LogP) is 5.17. The minimum Gasteiger partial charge on any atom is -0.0683 e. The highest BCUT2D eigenvalue weighted by atomic mass is 14.1. The van der Waals surface area contributed by atoms with Crippen LogP contribution in [0.2, 0.25) is 0 Å². The number of aryl methyl sites for hydroxylation is 1. The molecule has 0 heterocycles. The van der Waals surface area contributed by atoms with Gasteiger partial charge in [0, 0.05) is 5.92 Å². The summed E-state index contributed by atoms with van der Waals surface area (Å²) in [6.07, 6.45) is 0. The van der Waals surface area contributed by atoms with Gasteiger partial charge in [-0.15, -0.1) is 0 Å². The summed E-state index contributed by atoms with van der Waals surface area (Å²) in [4.78, 5) is 0. The molecule has 0 aliphatic heterocycles. The zero-order chi connectivity index (χ0) is 12.7. The van der Waals surface area contributed by atoms with Crippen molar-refractivity contribution in [3.63, 3.8) is 0 Å². The van der Waals surface area contributed by atoms with Crippen molar-refractivity contribution in [2.24, 2.45) is 0 Å². The lowest BCUT2D eigenvalue weighted by Crippen LogP contribution is -1.97. The summed E-state index contributed by atoms with van der Waals surface area (Å²) < 4.78 is 0. The third-order valence-corrected chi connectivity index (χ3v) is 2.95. The van der Waals surface area contributed by atoms with Crippen LogP contribution in [0.4, 0.5) is 0 Å². The molecule has 0 amide bonds. The van der Waals surface area contributed by atoms with Gasteiger partial charge in [-0.25, -0.2) is 0 Å². The highest BCUT2D eigenvalue weighted by Crippen LogP contribution is 2.25. The van der Waals surface area contributed by atoms with E-state index < -0.39 is 0 Å². The van der Waals surface area contributed by atoms with Crippen molar-refractivity contribution >= 4 is 0 Å². The zero-order valence-corrected chi connectivity index (χ0v) is 11.3. The first-order valence-electron chi connectivity index (χ1n) is 6.39. The second-order valence-electron chi connectivity index (χ2n) is 3.99. The Morgan fingerprint density at radius 2 is 1.29 bits per heavy atom. The lowest BCUT2D eigenvalue weighted by atomic mass is 9.90. The summed E-state index contributed by atoms with van der Waals surface area (Å²) >= 11 is 0. The molecule has 0 nitrogen and oxygen atoms in total. The zero-order valence-electron chi connectivity index (χ0n) is 11.3. The van der Waals surface area contributed by atoms with Gasteiger partial charge in [0.05, 0.1) is 0 Å². The maximum Gasteiger partial charge on any atom is 0.00636 e. The van der Waals surface area contributed by atoms with E-state index in [9.17, 15) is 0 Å². The standard InChI is InChI=1S/C15H16.C2H6/c1-12-8-6-7-11-15(12)13(2)14-9-4-3-5-10-14;1-2/h3-11,13H,1-2H3;1-2H3. The van der Waals surface area contributed by atoms with Crippen LogP contribution in [-0.2, 0) is 0 Å². The van der Waals surface area contributed by atoms with Crippen molar-refractivity contribution in [3.05, 3.63) is 71.3 Å². The fourth-order valence-corrected chi connectivity index (χ4v) is 1.99. The molecule has 1 unspecified atom stereocenters. The highest BCUT2D eigenvalue weighted by Gasteiger charge is 2.09. The molecular weight excluding hydrogens is 204 g/mol. The van der Waals surface area contributed by atoms with Gasteiger partial charge in [-0.1, -0.05) is 75.4 Å². The molecule has 2 aromatic rings. The van der Waals surface area contributed by atoms with Crippen molar-refractivity contribution < 1.29 is 0 Å². The van der Waals surface area contributed by atoms with Crippen molar-refractivity contribution in [3.8, 4) is 0 Å². The van der Waals surface area contributed by atoms with Gasteiger partial charge in [0.25, 0.3) is 0 Å². The van der Waals surface area contributed by atoms with E-state index in [1.807, 2.05) is 13.8 Å². The molecule has 0 N–H and O–H groups in total. The first-order chi connectivity index (χ1) is 8.29. The highest BCUT2D eigenvalue weighted by molar-refractivity contribution is 5.36. The Labute approximate surface area is 105 Å². The molecule has 0 aromatic heterocycles. The van der Waals surface area contributed by atoms with Crippen LogP contribution in [0.1, 0.15) is 43.4 Å². The smallest absolute Gasteiger partial charge is 0.00636 e. The Morgan fingerprint density at radius 1 is 0.765 bits per heavy atom. The van der Waals surface area contributed by atoms with Gasteiger partial charge in [-0.2, -0.15) is 0 Å². The second-order valence-corrected chi connectivity index (χ2v) is 3.99. The van der Waals surface area contributed by atoms with Crippen LogP contribution in [0, 0.1) is 6.92 Å². The summed E-state index contributed by atoms with van der Waals surface area (Å²) in [6.45, 7) is 8.44. The van der Waals surface area contributed by atoms with Gasteiger partial charge < -0.3 is 0 Å². The summed E-state index contributed by atoms with van der Waals surface area (Å²) in [6, 6.07) is 19.2. The van der Waals surface area contributed by atoms with Crippen LogP contribution in [0.25, 0.3) is 0 Å². The number of rotatable bonds is 2. The van der Waals surface area contributed by atoms with Gasteiger partial charge in [0.2, 0.25) is 0 Å². The topological polar surface area (TPSA) is 0 Å². The predicted molar refractivity (Wildman–Crippen MR) is 76.5 cm³/mol. The van der Waals surface area contributed by atoms with E-state index >= 15 is 0 Å². The molecular formula is C17H22. The van der Waals surface area contributed by atoms with E-state index in [1.165, 1.54) is 16.7 Å². The summed E-state index contributed by atoms with van der Waals surface area (Å²) in [5.74, 6) is 0.479. The molecule has 0 bridgehead atoms. The third kappa shape index (κ3) is 3.45. The normalized spacial score (nSPS) is 11.3. The van der Waals surface area contributed by atoms with Crippen molar-refractivity contribution in [1.29, 1.82) is 0 Å². The minimum atomic E-state index is 0.479. The fraction of sp³-hybridized carbons (Fsp3) is 0.294. The van der Waals surface area contributed by atoms with E-state index in [2.05, 4.69) is 68.4 Å². The molecule has 0 heteroatoms. The fourth-order valence-electron chi connectivity index (χ4n) is 1.99. The van der Waals surface area contributed by atoms with Gasteiger partial charge in [-0.3, -0.25) is 0 Å². The summed E-state index contributed by atoms with van der Waals surface area (Å²) in [5, 5.41) is 0. The molecule has 0 saturated heterocycles. The maximum atomic E-state index is 2.26. The largest absolute Gasteiger partial charge is 0.0683 e. The van der Waals surface area contributed by atoms with Crippen molar-refractivity contribution in [2.75, 3.05) is 0 Å². The first kappa shape index (κ1) is 13.5. The van der Waals surface area contributed by atoms with E-state index in [0.717, 1.165) is 0 Å². The molecule has 2 aromatic carbocycles. The van der Waals surface area contributed by atoms with Gasteiger partial charge >= 0.3 is 0 Å². The molecule has 0 fully saturated rings. The minimum absolute atomic E-state index is 0.479. The number of benzene rings is 2. The monoisotopic (exact) mass is 226 g/mol. The Kier molecular flexibility index (Phi) is 5.48. The van der Waals surface area contributed by atoms with Crippen LogP contribution in [0.5, 0.6) is 0 Å². The van der Waals surface area contributed by atoms with Gasteiger partial charge in [0.15, 0.2) is 0 Å². The van der Waals surface area contributed by atoms with E-state index in [-0.39, 0.29) is 0 Å². The van der Waals surface area contributed by atoms with Crippen molar-refractivity contribution in [2.45, 2.75) is 33.6 Å². The molecule has 0 radical (unpaired) electrons. The average molecular weight is 226 g/mol. The van der Waals surface area contributed by atoms with E-state index in [0.29, 0.717) is 5.92 Å². The molecule has 2 rings (SSSR count). The molecule has 0 spiro atoms. The van der Waals surface area contributed by atoms with Gasteiger partial charge in [-0.05, 0) is 23.6 Å². The van der Waals surface area contributed by atoms with E-state index in [1.54, 1.807) is 0 Å². The second kappa shape index (κ2) is 6.90. The van der Waals surface area contributed by atoms with E-state index in [4.69, 9.17) is 0 Å². The number of hydrogen-bond acceptors (Lipinski definition) is 0. The molecule has 1 atom stereocenters. The molecule has 0 saturated carbocycles. The molecule has 0 aliphatic carbocycles. The summed E-state index contributed by atoms with van der Waals surface area (Å²) in [7, 11) is 0. The van der Waals surface area contributed by atoms with Crippen molar-refractivity contribution in [1.82, 2.24) is 0 Å². The van der Waals surface area contributed by atoms with Gasteiger partial charge in [0.1, 0.15) is 0 Å². The first-order valence-corrected chi connectivity index (χ1v) is 6.39. The van der Waals surface area contributed by atoms with Crippen LogP contribution >= 0.6 is 0 Å². The number of hydrogen-bond donors (Lipinski definition) is 0. The quantitative estimate of drug-likeness (QED) is 0.662. The van der Waals surface area contributed by atoms with Crippen LogP contribution < -0.4 is 0 Å². The lowest BCUT2D eigenvalue weighted by Gasteiger charge is -2.14. The molecule has 90 valence electrons. The maximum absolute atomic E-state index is 2.26. The Bertz CT molecular complexity index is 429. The molecule has 0 aliphatic rings. The van der Waals surface area contributed by atoms with Crippen LogP contribution in [0.15, 0.2) is 54.6 Å². The third-order valence-electron chi connectivity index (χ3n) is 2.95. The SMILES string of the molecule is CC.Cc1ccccc1C(C)c1ccccc1. The Balaban J connectivity index is 0.000000686. The van der Waals surface area contributed by atoms with Crippen LogP contribution in [0.3, 0.4) is 0 Å². The van der Waals surface area contributed by atoms with Crippen LogP contribution in [-0.4, -0.2) is 0 Å². The average Bonchev–Trinajstić information content (AvgIpc) is 2.42. The Hall–Kier alpha value is -1.56.